The number of hydrogen-bond acceptors (Lipinski definition) is 8. The minimum Gasteiger partial charge on any atom is -0.341 e. The topological polar surface area (TPSA) is 114 Å². The summed E-state index contributed by atoms with van der Waals surface area (Å²) in [6, 6.07) is 8.35. The van der Waals surface area contributed by atoms with E-state index in [2.05, 4.69) is 35.5 Å². The minimum atomic E-state index is -4.61. The smallest absolute Gasteiger partial charge is 0.341 e. The first kappa shape index (κ1) is 27.1. The number of hydrogen-bond donors (Lipinski definition) is 2. The van der Waals surface area contributed by atoms with Gasteiger partial charge in [0.2, 0.25) is 5.95 Å². The normalized spacial score (nSPS) is 13.5. The lowest BCUT2D eigenvalue weighted by Gasteiger charge is -2.16. The summed E-state index contributed by atoms with van der Waals surface area (Å²) in [5, 5.41) is 5.87. The number of carbonyl (C=O) groups is 1. The lowest BCUT2D eigenvalue weighted by atomic mass is 10.1. The van der Waals surface area contributed by atoms with Crippen molar-refractivity contribution in [3.05, 3.63) is 83.8 Å². The molecule has 0 bridgehead atoms. The number of halogens is 3. The van der Waals surface area contributed by atoms with Crippen molar-refractivity contribution in [2.45, 2.75) is 32.9 Å². The van der Waals surface area contributed by atoms with Gasteiger partial charge in [-0.05, 0) is 62.6 Å². The van der Waals surface area contributed by atoms with Gasteiger partial charge in [-0.15, -0.1) is 0 Å². The SMILES string of the molecule is Cc1cn(-c2cc(NC(=O)c3ccc(C)c(Nc4ncnc5cnc(N6CCCC6)nc45)c3)cc(C(F)(F)F)c2)cn1. The maximum Gasteiger partial charge on any atom is 0.416 e. The molecule has 5 aromatic rings. The Morgan fingerprint density at radius 1 is 0.976 bits per heavy atom. The highest BCUT2D eigenvalue weighted by Gasteiger charge is 2.31. The average molecular weight is 574 g/mol. The monoisotopic (exact) mass is 573 g/mol. The third-order valence-corrected chi connectivity index (χ3v) is 7.02. The van der Waals surface area contributed by atoms with Gasteiger partial charge in [0, 0.05) is 41.9 Å². The largest absolute Gasteiger partial charge is 0.416 e. The summed E-state index contributed by atoms with van der Waals surface area (Å²) >= 11 is 0. The maximum absolute atomic E-state index is 13.7. The van der Waals surface area contributed by atoms with Crippen LogP contribution in [-0.4, -0.2) is 48.5 Å². The van der Waals surface area contributed by atoms with E-state index in [1.165, 1.54) is 23.3 Å². The molecule has 0 unspecified atom stereocenters. The highest BCUT2D eigenvalue weighted by atomic mass is 19.4. The fourth-order valence-corrected chi connectivity index (χ4v) is 4.79. The van der Waals surface area contributed by atoms with E-state index < -0.39 is 17.6 Å². The molecule has 0 spiro atoms. The molecule has 13 heteroatoms. The minimum absolute atomic E-state index is 0.000742. The first-order valence-electron chi connectivity index (χ1n) is 13.3. The molecule has 1 saturated heterocycles. The fraction of sp³-hybridized carbons (Fsp3) is 0.241. The summed E-state index contributed by atoms with van der Waals surface area (Å²) in [7, 11) is 0. The molecule has 3 aromatic heterocycles. The van der Waals surface area contributed by atoms with Gasteiger partial charge < -0.3 is 20.1 Å². The molecular formula is C29H26F3N9O. The van der Waals surface area contributed by atoms with Crippen LogP contribution < -0.4 is 15.5 Å². The number of imidazole rings is 1. The molecule has 0 saturated carbocycles. The highest BCUT2D eigenvalue weighted by molar-refractivity contribution is 6.05. The molecule has 0 radical (unpaired) electrons. The molecule has 2 N–H and O–H groups in total. The number of rotatable bonds is 6. The predicted octanol–water partition coefficient (Wildman–Crippen LogP) is 5.84. The van der Waals surface area contributed by atoms with Gasteiger partial charge in [-0.3, -0.25) is 4.79 Å². The van der Waals surface area contributed by atoms with Crippen molar-refractivity contribution < 1.29 is 18.0 Å². The summed E-state index contributed by atoms with van der Waals surface area (Å²) in [5.41, 5.74) is 2.73. The Balaban J connectivity index is 1.29. The van der Waals surface area contributed by atoms with Crippen molar-refractivity contribution in [2.24, 2.45) is 0 Å². The number of nitrogens with one attached hydrogen (secondary N) is 2. The van der Waals surface area contributed by atoms with Crippen LogP contribution in [-0.2, 0) is 6.18 Å². The van der Waals surface area contributed by atoms with Crippen LogP contribution in [0.5, 0.6) is 0 Å². The second-order valence-electron chi connectivity index (χ2n) is 10.1. The molecule has 2 aromatic carbocycles. The number of anilines is 4. The number of aryl methyl sites for hydroxylation is 2. The number of amides is 1. The quantitative estimate of drug-likeness (QED) is 0.261. The van der Waals surface area contributed by atoms with E-state index in [0.717, 1.165) is 43.6 Å². The van der Waals surface area contributed by atoms with E-state index in [-0.39, 0.29) is 16.9 Å². The number of nitrogens with zero attached hydrogens (tertiary/aromatic N) is 7. The Kier molecular flexibility index (Phi) is 6.93. The first-order valence-corrected chi connectivity index (χ1v) is 13.3. The molecule has 1 amide bonds. The molecule has 6 rings (SSSR count). The van der Waals surface area contributed by atoms with E-state index in [0.29, 0.717) is 34.2 Å². The maximum atomic E-state index is 13.7. The van der Waals surface area contributed by atoms with Crippen molar-refractivity contribution in [2.75, 3.05) is 28.6 Å². The Morgan fingerprint density at radius 3 is 2.52 bits per heavy atom. The van der Waals surface area contributed by atoms with Crippen molar-refractivity contribution in [1.29, 1.82) is 0 Å². The van der Waals surface area contributed by atoms with Gasteiger partial charge in [0.05, 0.1) is 23.8 Å². The van der Waals surface area contributed by atoms with E-state index in [4.69, 9.17) is 4.98 Å². The van der Waals surface area contributed by atoms with Crippen LogP contribution in [0.3, 0.4) is 0 Å². The second kappa shape index (κ2) is 10.7. The molecule has 1 aliphatic rings. The number of carbonyl (C=O) groups excluding carboxylic acids is 1. The third kappa shape index (κ3) is 5.57. The molecule has 214 valence electrons. The Labute approximate surface area is 238 Å². The third-order valence-electron chi connectivity index (χ3n) is 7.02. The number of alkyl halides is 3. The molecule has 1 fully saturated rings. The molecule has 4 heterocycles. The van der Waals surface area contributed by atoms with E-state index in [9.17, 15) is 18.0 Å². The first-order chi connectivity index (χ1) is 20.1. The number of fused-ring (bicyclic) bond motifs is 1. The fourth-order valence-electron chi connectivity index (χ4n) is 4.79. The molecular weight excluding hydrogens is 547 g/mol. The summed E-state index contributed by atoms with van der Waals surface area (Å²) in [6.45, 7) is 5.37. The lowest BCUT2D eigenvalue weighted by molar-refractivity contribution is -0.137. The van der Waals surface area contributed by atoms with E-state index in [1.807, 2.05) is 6.92 Å². The Bertz CT molecular complexity index is 1800. The van der Waals surface area contributed by atoms with Crippen LogP contribution in [0.2, 0.25) is 0 Å². The number of benzene rings is 2. The van der Waals surface area contributed by atoms with Crippen LogP contribution in [0.4, 0.5) is 36.3 Å². The number of aromatic nitrogens is 6. The highest BCUT2D eigenvalue weighted by Crippen LogP contribution is 2.33. The van der Waals surface area contributed by atoms with Gasteiger partial charge in [0.25, 0.3) is 5.91 Å². The molecule has 0 aliphatic carbocycles. The zero-order chi connectivity index (χ0) is 29.4. The molecule has 1 aliphatic heterocycles. The van der Waals surface area contributed by atoms with Crippen LogP contribution in [0, 0.1) is 13.8 Å². The lowest BCUT2D eigenvalue weighted by Crippen LogP contribution is -2.20. The predicted molar refractivity (Wildman–Crippen MR) is 152 cm³/mol. The van der Waals surface area contributed by atoms with Crippen LogP contribution >= 0.6 is 0 Å². The Morgan fingerprint density at radius 2 is 1.79 bits per heavy atom. The van der Waals surface area contributed by atoms with Crippen molar-refractivity contribution in [3.8, 4) is 5.69 Å². The van der Waals surface area contributed by atoms with Gasteiger partial charge in [0.15, 0.2) is 5.82 Å². The zero-order valence-electron chi connectivity index (χ0n) is 22.8. The summed E-state index contributed by atoms with van der Waals surface area (Å²) < 4.78 is 42.5. The molecule has 0 atom stereocenters. The van der Waals surface area contributed by atoms with Gasteiger partial charge in [-0.25, -0.2) is 24.9 Å². The van der Waals surface area contributed by atoms with Crippen LogP contribution in [0.15, 0.2) is 61.4 Å². The van der Waals surface area contributed by atoms with Crippen LogP contribution in [0.25, 0.3) is 16.7 Å². The zero-order valence-corrected chi connectivity index (χ0v) is 22.8. The van der Waals surface area contributed by atoms with Gasteiger partial charge in [-0.1, -0.05) is 6.07 Å². The van der Waals surface area contributed by atoms with E-state index in [1.54, 1.807) is 37.5 Å². The van der Waals surface area contributed by atoms with Crippen molar-refractivity contribution in [1.82, 2.24) is 29.5 Å². The average Bonchev–Trinajstić information content (AvgIpc) is 3.66. The second-order valence-corrected chi connectivity index (χ2v) is 10.1. The van der Waals surface area contributed by atoms with Gasteiger partial charge in [-0.2, -0.15) is 13.2 Å². The van der Waals surface area contributed by atoms with Crippen molar-refractivity contribution in [3.63, 3.8) is 0 Å². The summed E-state index contributed by atoms with van der Waals surface area (Å²) in [4.78, 5) is 37.3. The Hall–Kier alpha value is -5.07. The van der Waals surface area contributed by atoms with Gasteiger partial charge in [0.1, 0.15) is 17.4 Å². The van der Waals surface area contributed by atoms with Crippen LogP contribution in [0.1, 0.15) is 40.0 Å². The standard InChI is InChI=1S/C29H26F3N9O/c1-17-5-6-19(27(42)37-21-10-20(29(30,31)32)11-22(12-21)41-14-18(2)36-16-41)9-23(17)38-26-25-24(34-15-35-26)13-33-28(39-25)40-7-3-4-8-40/h5-6,9-16H,3-4,7-8H2,1-2H3,(H,37,42)(H,34,35,38). The summed E-state index contributed by atoms with van der Waals surface area (Å²) in [5.74, 6) is 0.479. The molecule has 42 heavy (non-hydrogen) atoms. The molecule has 10 nitrogen and oxygen atoms in total. The van der Waals surface area contributed by atoms with Crippen molar-refractivity contribution >= 4 is 40.1 Å². The summed E-state index contributed by atoms with van der Waals surface area (Å²) in [6.07, 6.45) is 3.65. The van der Waals surface area contributed by atoms with E-state index >= 15 is 0 Å². The van der Waals surface area contributed by atoms with Gasteiger partial charge >= 0.3 is 6.18 Å².